The van der Waals surface area contributed by atoms with Gasteiger partial charge in [0.25, 0.3) is 0 Å². The third-order valence-electron chi connectivity index (χ3n) is 3.57. The second kappa shape index (κ2) is 5.07. The molecule has 0 spiro atoms. The van der Waals surface area contributed by atoms with Gasteiger partial charge in [0, 0.05) is 32.6 Å². The van der Waals surface area contributed by atoms with Gasteiger partial charge < -0.3 is 9.80 Å². The van der Waals surface area contributed by atoms with Gasteiger partial charge in [-0.05, 0) is 18.8 Å². The Morgan fingerprint density at radius 3 is 2.59 bits per heavy atom. The molecule has 2 rings (SSSR count). The zero-order valence-electron chi connectivity index (χ0n) is 10.8. The molecule has 2 fully saturated rings. The van der Waals surface area contributed by atoms with E-state index in [0.717, 1.165) is 32.5 Å². The van der Waals surface area contributed by atoms with Crippen molar-refractivity contribution >= 4 is 11.8 Å². The van der Waals surface area contributed by atoms with Gasteiger partial charge in [-0.15, -0.1) is 0 Å². The van der Waals surface area contributed by atoms with Crippen molar-refractivity contribution in [3.63, 3.8) is 0 Å². The summed E-state index contributed by atoms with van der Waals surface area (Å²) in [5.41, 5.74) is 0. The molecule has 2 heterocycles. The maximum atomic E-state index is 12.2. The fourth-order valence-electron chi connectivity index (χ4n) is 2.75. The number of carbonyl (C=O) groups excluding carboxylic acids is 2. The number of amides is 2. The van der Waals surface area contributed by atoms with Crippen molar-refractivity contribution in [2.24, 2.45) is 11.8 Å². The molecule has 4 nitrogen and oxygen atoms in total. The maximum absolute atomic E-state index is 12.2. The van der Waals surface area contributed by atoms with Gasteiger partial charge in [0.1, 0.15) is 0 Å². The Hall–Kier alpha value is -1.06. The Morgan fingerprint density at radius 2 is 2.00 bits per heavy atom. The number of nitrogens with zero attached hydrogens (tertiary/aromatic N) is 2. The molecule has 0 bridgehead atoms. The van der Waals surface area contributed by atoms with Crippen LogP contribution in [0.4, 0.5) is 0 Å². The molecular formula is C13H22N2O2. The Kier molecular flexibility index (Phi) is 3.69. The Bertz CT molecular complexity index is 309. The molecule has 0 aromatic rings. The predicted octanol–water partition coefficient (Wildman–Crippen LogP) is 1.11. The van der Waals surface area contributed by atoms with Crippen LogP contribution >= 0.6 is 0 Å². The minimum Gasteiger partial charge on any atom is -0.342 e. The van der Waals surface area contributed by atoms with E-state index in [-0.39, 0.29) is 17.7 Å². The van der Waals surface area contributed by atoms with Crippen LogP contribution < -0.4 is 0 Å². The molecule has 0 aromatic heterocycles. The summed E-state index contributed by atoms with van der Waals surface area (Å²) < 4.78 is 0. The normalized spacial score (nSPS) is 25.1. The maximum Gasteiger partial charge on any atom is 0.227 e. The van der Waals surface area contributed by atoms with E-state index in [2.05, 4.69) is 13.8 Å². The lowest BCUT2D eigenvalue weighted by Crippen LogP contribution is -2.36. The highest BCUT2D eigenvalue weighted by atomic mass is 16.2. The van der Waals surface area contributed by atoms with Gasteiger partial charge in [0.15, 0.2) is 0 Å². The first-order chi connectivity index (χ1) is 8.08. The second-order valence-electron chi connectivity index (χ2n) is 5.63. The van der Waals surface area contributed by atoms with Gasteiger partial charge in [-0.25, -0.2) is 0 Å². The van der Waals surface area contributed by atoms with Crippen molar-refractivity contribution in [2.75, 3.05) is 26.2 Å². The topological polar surface area (TPSA) is 40.6 Å². The number of carbonyl (C=O) groups is 2. The average Bonchev–Trinajstić information content (AvgIpc) is 2.87. The lowest BCUT2D eigenvalue weighted by atomic mass is 10.1. The third-order valence-corrected chi connectivity index (χ3v) is 3.57. The summed E-state index contributed by atoms with van der Waals surface area (Å²) in [6.07, 6.45) is 2.65. The lowest BCUT2D eigenvalue weighted by Gasteiger charge is -2.21. The SMILES string of the molecule is CC(C)CN1C[C@@H](C(=O)N2CCCC2)CC1=O. The van der Waals surface area contributed by atoms with Crippen LogP contribution in [0.3, 0.4) is 0 Å². The highest BCUT2D eigenvalue weighted by Crippen LogP contribution is 2.22. The van der Waals surface area contributed by atoms with E-state index < -0.39 is 0 Å². The molecule has 17 heavy (non-hydrogen) atoms. The first kappa shape index (κ1) is 12.4. The van der Waals surface area contributed by atoms with E-state index in [9.17, 15) is 9.59 Å². The van der Waals surface area contributed by atoms with Crippen molar-refractivity contribution < 1.29 is 9.59 Å². The molecule has 0 aromatic carbocycles. The quantitative estimate of drug-likeness (QED) is 0.739. The molecule has 0 radical (unpaired) electrons. The zero-order chi connectivity index (χ0) is 12.4. The number of hydrogen-bond donors (Lipinski definition) is 0. The summed E-state index contributed by atoms with van der Waals surface area (Å²) in [5, 5.41) is 0. The summed E-state index contributed by atoms with van der Waals surface area (Å²) in [4.78, 5) is 27.7. The fourth-order valence-corrected chi connectivity index (χ4v) is 2.75. The molecule has 1 atom stereocenters. The molecule has 0 saturated carbocycles. The minimum absolute atomic E-state index is 0.0839. The van der Waals surface area contributed by atoms with Gasteiger partial charge in [-0.1, -0.05) is 13.8 Å². The lowest BCUT2D eigenvalue weighted by molar-refractivity contribution is -0.134. The summed E-state index contributed by atoms with van der Waals surface area (Å²) >= 11 is 0. The zero-order valence-corrected chi connectivity index (χ0v) is 10.8. The first-order valence-electron chi connectivity index (χ1n) is 6.64. The average molecular weight is 238 g/mol. The minimum atomic E-state index is -0.0839. The Morgan fingerprint density at radius 1 is 1.35 bits per heavy atom. The van der Waals surface area contributed by atoms with Crippen LogP contribution in [-0.2, 0) is 9.59 Å². The van der Waals surface area contributed by atoms with E-state index in [1.165, 1.54) is 0 Å². The number of hydrogen-bond acceptors (Lipinski definition) is 2. The highest BCUT2D eigenvalue weighted by Gasteiger charge is 2.36. The van der Waals surface area contributed by atoms with E-state index >= 15 is 0 Å². The highest BCUT2D eigenvalue weighted by molar-refractivity contribution is 5.89. The van der Waals surface area contributed by atoms with Crippen molar-refractivity contribution in [1.29, 1.82) is 0 Å². The summed E-state index contributed by atoms with van der Waals surface area (Å²) in [5.74, 6) is 0.734. The molecule has 0 unspecified atom stereocenters. The molecule has 2 aliphatic heterocycles. The molecule has 2 amide bonds. The first-order valence-corrected chi connectivity index (χ1v) is 6.64. The van der Waals surface area contributed by atoms with Crippen LogP contribution in [0.2, 0.25) is 0 Å². The molecule has 2 aliphatic rings. The monoisotopic (exact) mass is 238 g/mol. The van der Waals surface area contributed by atoms with Crippen molar-refractivity contribution in [1.82, 2.24) is 9.80 Å². The number of likely N-dealkylation sites (tertiary alicyclic amines) is 2. The van der Waals surface area contributed by atoms with E-state index in [4.69, 9.17) is 0 Å². The largest absolute Gasteiger partial charge is 0.342 e. The van der Waals surface area contributed by atoms with Gasteiger partial charge in [0.05, 0.1) is 5.92 Å². The molecule has 2 saturated heterocycles. The van der Waals surface area contributed by atoms with Crippen LogP contribution in [0, 0.1) is 11.8 Å². The second-order valence-corrected chi connectivity index (χ2v) is 5.63. The molecule has 96 valence electrons. The van der Waals surface area contributed by atoms with Gasteiger partial charge >= 0.3 is 0 Å². The summed E-state index contributed by atoms with van der Waals surface area (Å²) in [6.45, 7) is 7.38. The van der Waals surface area contributed by atoms with E-state index in [1.807, 2.05) is 9.80 Å². The van der Waals surface area contributed by atoms with E-state index in [0.29, 0.717) is 18.9 Å². The standard InChI is InChI=1S/C13H22N2O2/c1-10(2)8-15-9-11(7-12(15)16)13(17)14-5-3-4-6-14/h10-11H,3-9H2,1-2H3/t11-/m0/s1. The van der Waals surface area contributed by atoms with Crippen LogP contribution in [0.15, 0.2) is 0 Å². The molecule has 0 N–H and O–H groups in total. The van der Waals surface area contributed by atoms with Crippen LogP contribution in [0.1, 0.15) is 33.1 Å². The fraction of sp³-hybridized carbons (Fsp3) is 0.846. The molecule has 0 aliphatic carbocycles. The van der Waals surface area contributed by atoms with Crippen LogP contribution in [0.5, 0.6) is 0 Å². The van der Waals surface area contributed by atoms with Gasteiger partial charge in [0.2, 0.25) is 11.8 Å². The van der Waals surface area contributed by atoms with Crippen LogP contribution in [-0.4, -0.2) is 47.8 Å². The van der Waals surface area contributed by atoms with Crippen molar-refractivity contribution in [2.45, 2.75) is 33.1 Å². The summed E-state index contributed by atoms with van der Waals surface area (Å²) in [7, 11) is 0. The molecular weight excluding hydrogens is 216 g/mol. The van der Waals surface area contributed by atoms with Crippen molar-refractivity contribution in [3.8, 4) is 0 Å². The van der Waals surface area contributed by atoms with Gasteiger partial charge in [-0.3, -0.25) is 9.59 Å². The van der Waals surface area contributed by atoms with E-state index in [1.54, 1.807) is 0 Å². The van der Waals surface area contributed by atoms with Crippen molar-refractivity contribution in [3.05, 3.63) is 0 Å². The molecule has 4 heteroatoms. The third kappa shape index (κ3) is 2.79. The Balaban J connectivity index is 1.91. The van der Waals surface area contributed by atoms with Gasteiger partial charge in [-0.2, -0.15) is 0 Å². The number of rotatable bonds is 3. The summed E-state index contributed by atoms with van der Waals surface area (Å²) in [6, 6.07) is 0. The Labute approximate surface area is 103 Å². The van der Waals surface area contributed by atoms with Crippen LogP contribution in [0.25, 0.3) is 0 Å². The predicted molar refractivity (Wildman–Crippen MR) is 65.3 cm³/mol. The smallest absolute Gasteiger partial charge is 0.227 e.